The number of nitrogens with zero attached hydrogens (tertiary/aromatic N) is 1. The summed E-state index contributed by atoms with van der Waals surface area (Å²) in [5.74, 6) is -1.21. The zero-order valence-corrected chi connectivity index (χ0v) is 12.0. The van der Waals surface area contributed by atoms with Gasteiger partial charge in [-0.3, -0.25) is 19.8 Å². The van der Waals surface area contributed by atoms with E-state index in [2.05, 4.69) is 5.32 Å². The number of hydrogen-bond donors (Lipinski definition) is 1. The average molecular weight is 306 g/mol. The van der Waals surface area contributed by atoms with E-state index in [0.717, 1.165) is 22.6 Å². The number of hydrogen-bond acceptors (Lipinski definition) is 5. The molecule has 1 aromatic heterocycles. The predicted octanol–water partition coefficient (Wildman–Crippen LogP) is 1.39. The third-order valence-electron chi connectivity index (χ3n) is 3.43. The van der Waals surface area contributed by atoms with Gasteiger partial charge >= 0.3 is 6.03 Å². The maximum Gasteiger partial charge on any atom is 0.331 e. The van der Waals surface area contributed by atoms with Crippen LogP contribution >= 0.6 is 11.3 Å². The molecule has 3 rings (SSSR count). The van der Waals surface area contributed by atoms with E-state index in [4.69, 9.17) is 4.74 Å². The van der Waals surface area contributed by atoms with Crippen molar-refractivity contribution >= 4 is 35.3 Å². The fourth-order valence-electron chi connectivity index (χ4n) is 2.37. The zero-order valence-electron chi connectivity index (χ0n) is 11.2. The third-order valence-corrected chi connectivity index (χ3v) is 4.25. The van der Waals surface area contributed by atoms with Gasteiger partial charge in [-0.05, 0) is 30.4 Å². The van der Waals surface area contributed by atoms with Gasteiger partial charge < -0.3 is 4.74 Å². The van der Waals surface area contributed by atoms with Crippen molar-refractivity contribution in [2.75, 3.05) is 13.2 Å². The SMILES string of the molecule is O=C1NC(=O)N(C[C@@H]2CCCO2)C(=O)/C1=C/c1cccs1. The van der Waals surface area contributed by atoms with E-state index in [1.165, 1.54) is 17.4 Å². The van der Waals surface area contributed by atoms with Crippen LogP contribution in [0.4, 0.5) is 4.79 Å². The molecule has 0 aliphatic carbocycles. The van der Waals surface area contributed by atoms with Crippen LogP contribution in [0.2, 0.25) is 0 Å². The van der Waals surface area contributed by atoms with E-state index in [0.29, 0.717) is 6.61 Å². The maximum atomic E-state index is 12.4. The number of nitrogens with one attached hydrogen (secondary N) is 1. The number of carbonyl (C=O) groups excluding carboxylic acids is 3. The maximum absolute atomic E-state index is 12.4. The Morgan fingerprint density at radius 3 is 2.95 bits per heavy atom. The summed E-state index contributed by atoms with van der Waals surface area (Å²) in [6, 6.07) is 2.96. The van der Waals surface area contributed by atoms with Crippen LogP contribution in [0.3, 0.4) is 0 Å². The van der Waals surface area contributed by atoms with Gasteiger partial charge in [0.15, 0.2) is 0 Å². The number of imide groups is 2. The number of thiophene rings is 1. The van der Waals surface area contributed by atoms with Gasteiger partial charge in [0.2, 0.25) is 0 Å². The minimum Gasteiger partial charge on any atom is -0.376 e. The normalized spacial score (nSPS) is 24.8. The summed E-state index contributed by atoms with van der Waals surface area (Å²) in [7, 11) is 0. The molecule has 0 radical (unpaired) electrons. The van der Waals surface area contributed by atoms with Gasteiger partial charge in [-0.2, -0.15) is 0 Å². The summed E-state index contributed by atoms with van der Waals surface area (Å²) in [5.41, 5.74) is -0.0185. The lowest BCUT2D eigenvalue weighted by Crippen LogP contribution is -2.55. The predicted molar refractivity (Wildman–Crippen MR) is 76.5 cm³/mol. The molecule has 1 N–H and O–H groups in total. The van der Waals surface area contributed by atoms with Crippen molar-refractivity contribution in [2.24, 2.45) is 0 Å². The van der Waals surface area contributed by atoms with Crippen molar-refractivity contribution in [1.29, 1.82) is 0 Å². The van der Waals surface area contributed by atoms with E-state index in [9.17, 15) is 14.4 Å². The first kappa shape index (κ1) is 14.0. The van der Waals surface area contributed by atoms with Crippen LogP contribution in [0, 0.1) is 0 Å². The molecule has 2 fully saturated rings. The van der Waals surface area contributed by atoms with Crippen molar-refractivity contribution in [3.63, 3.8) is 0 Å². The van der Waals surface area contributed by atoms with E-state index < -0.39 is 17.8 Å². The van der Waals surface area contributed by atoms with Crippen molar-refractivity contribution in [2.45, 2.75) is 18.9 Å². The topological polar surface area (TPSA) is 75.7 Å². The standard InChI is InChI=1S/C14H14N2O4S/c17-12-11(7-10-4-2-6-21-10)13(18)16(14(19)15-12)8-9-3-1-5-20-9/h2,4,6-7,9H,1,3,5,8H2,(H,15,17,19)/b11-7+/t9-/m0/s1. The third kappa shape index (κ3) is 2.88. The van der Waals surface area contributed by atoms with Crippen LogP contribution in [-0.2, 0) is 14.3 Å². The number of amides is 4. The van der Waals surface area contributed by atoms with Crippen LogP contribution in [0.1, 0.15) is 17.7 Å². The van der Waals surface area contributed by atoms with E-state index in [1.807, 2.05) is 11.4 Å². The number of urea groups is 1. The van der Waals surface area contributed by atoms with Crippen molar-refractivity contribution in [1.82, 2.24) is 10.2 Å². The number of barbiturate groups is 1. The Morgan fingerprint density at radius 2 is 2.29 bits per heavy atom. The van der Waals surface area contributed by atoms with E-state index in [1.54, 1.807) is 6.07 Å². The fourth-order valence-corrected chi connectivity index (χ4v) is 3.02. The molecule has 21 heavy (non-hydrogen) atoms. The Labute approximate surface area is 125 Å². The summed E-state index contributed by atoms with van der Waals surface area (Å²) in [6.45, 7) is 0.824. The quantitative estimate of drug-likeness (QED) is 0.676. The summed E-state index contributed by atoms with van der Waals surface area (Å²) in [5, 5.41) is 4.06. The molecule has 1 aromatic rings. The molecular formula is C14H14N2O4S. The number of carbonyl (C=O) groups is 3. The summed E-state index contributed by atoms with van der Waals surface area (Å²) in [6.07, 6.45) is 3.10. The van der Waals surface area contributed by atoms with Crippen molar-refractivity contribution in [3.05, 3.63) is 28.0 Å². The number of rotatable bonds is 3. The molecule has 0 saturated carbocycles. The first-order chi connectivity index (χ1) is 10.1. The van der Waals surface area contributed by atoms with Crippen LogP contribution < -0.4 is 5.32 Å². The van der Waals surface area contributed by atoms with Gasteiger partial charge in [0, 0.05) is 11.5 Å². The molecule has 4 amide bonds. The highest BCUT2D eigenvalue weighted by atomic mass is 32.1. The van der Waals surface area contributed by atoms with Gasteiger partial charge in [-0.25, -0.2) is 4.79 Å². The fraction of sp³-hybridized carbons (Fsp3) is 0.357. The highest BCUT2D eigenvalue weighted by Crippen LogP contribution is 2.20. The molecule has 0 unspecified atom stereocenters. The average Bonchev–Trinajstić information content (AvgIpc) is 3.13. The molecule has 3 heterocycles. The zero-order chi connectivity index (χ0) is 14.8. The molecule has 6 nitrogen and oxygen atoms in total. The summed E-state index contributed by atoms with van der Waals surface area (Å²) in [4.78, 5) is 37.9. The molecule has 2 aliphatic heterocycles. The van der Waals surface area contributed by atoms with Gasteiger partial charge in [-0.1, -0.05) is 6.07 Å². The van der Waals surface area contributed by atoms with Crippen LogP contribution in [-0.4, -0.2) is 42.0 Å². The smallest absolute Gasteiger partial charge is 0.331 e. The second-order valence-corrected chi connectivity index (χ2v) is 5.86. The molecule has 2 saturated heterocycles. The number of ether oxygens (including phenoxy) is 1. The Balaban J connectivity index is 1.82. The van der Waals surface area contributed by atoms with Crippen molar-refractivity contribution in [3.8, 4) is 0 Å². The lowest BCUT2D eigenvalue weighted by atomic mass is 10.1. The lowest BCUT2D eigenvalue weighted by molar-refractivity contribution is -0.131. The van der Waals surface area contributed by atoms with Crippen LogP contribution in [0.5, 0.6) is 0 Å². The first-order valence-electron chi connectivity index (χ1n) is 6.69. The second-order valence-electron chi connectivity index (χ2n) is 4.88. The lowest BCUT2D eigenvalue weighted by Gasteiger charge is -2.28. The van der Waals surface area contributed by atoms with Gasteiger partial charge in [0.05, 0.1) is 12.6 Å². The van der Waals surface area contributed by atoms with Crippen LogP contribution in [0.25, 0.3) is 6.08 Å². The Morgan fingerprint density at radius 1 is 1.43 bits per heavy atom. The minimum atomic E-state index is -0.677. The molecule has 110 valence electrons. The molecule has 2 aliphatic rings. The van der Waals surface area contributed by atoms with Crippen molar-refractivity contribution < 1.29 is 19.1 Å². The minimum absolute atomic E-state index is 0.0185. The molecule has 1 atom stereocenters. The Kier molecular flexibility index (Phi) is 3.85. The highest BCUT2D eigenvalue weighted by Gasteiger charge is 2.37. The monoisotopic (exact) mass is 306 g/mol. The van der Waals surface area contributed by atoms with Gasteiger partial charge in [0.1, 0.15) is 5.57 Å². The molecule has 0 aromatic carbocycles. The summed E-state index contributed by atoms with van der Waals surface area (Å²) >= 11 is 1.42. The summed E-state index contributed by atoms with van der Waals surface area (Å²) < 4.78 is 5.44. The Bertz CT molecular complexity index is 603. The molecule has 0 spiro atoms. The van der Waals surface area contributed by atoms with E-state index >= 15 is 0 Å². The van der Waals surface area contributed by atoms with Gasteiger partial charge in [0.25, 0.3) is 11.8 Å². The van der Waals surface area contributed by atoms with Crippen LogP contribution in [0.15, 0.2) is 23.1 Å². The largest absolute Gasteiger partial charge is 0.376 e. The van der Waals surface area contributed by atoms with Gasteiger partial charge in [-0.15, -0.1) is 11.3 Å². The highest BCUT2D eigenvalue weighted by molar-refractivity contribution is 7.10. The molecular weight excluding hydrogens is 292 g/mol. The molecule has 0 bridgehead atoms. The molecule has 7 heteroatoms. The first-order valence-corrected chi connectivity index (χ1v) is 7.57. The van der Waals surface area contributed by atoms with E-state index in [-0.39, 0.29) is 18.2 Å². The second kappa shape index (κ2) is 5.79. The Hall–Kier alpha value is -1.99.